The maximum atomic E-state index is 9.90. The summed E-state index contributed by atoms with van der Waals surface area (Å²) in [6.45, 7) is 13.0. The Balaban J connectivity index is 1.26. The molecule has 0 saturated carbocycles. The molecule has 0 N–H and O–H groups in total. The zero-order valence-corrected chi connectivity index (χ0v) is 25.3. The lowest BCUT2D eigenvalue weighted by molar-refractivity contribution is 0.0902. The average Bonchev–Trinajstić information content (AvgIpc) is 3.34. The van der Waals surface area contributed by atoms with Crippen molar-refractivity contribution in [1.82, 2.24) is 4.57 Å². The van der Waals surface area contributed by atoms with Crippen molar-refractivity contribution in [3.63, 3.8) is 0 Å². The molecule has 0 spiro atoms. The average molecular weight is 552 g/mol. The van der Waals surface area contributed by atoms with Crippen LogP contribution in [-0.2, 0) is 18.1 Å². The van der Waals surface area contributed by atoms with Gasteiger partial charge in [0.15, 0.2) is 0 Å². The minimum atomic E-state index is -1.16. The molecule has 0 aliphatic carbocycles. The molecule has 1 fully saturated rings. The maximum absolute atomic E-state index is 9.90. The van der Waals surface area contributed by atoms with Crippen molar-refractivity contribution in [1.29, 1.82) is 5.26 Å². The van der Waals surface area contributed by atoms with Crippen LogP contribution < -0.4 is 9.64 Å². The zero-order valence-electron chi connectivity index (χ0n) is 24.3. The van der Waals surface area contributed by atoms with Crippen LogP contribution in [0.5, 0.6) is 5.75 Å². The van der Waals surface area contributed by atoms with Gasteiger partial charge in [-0.15, -0.1) is 0 Å². The third-order valence-corrected chi connectivity index (χ3v) is 9.69. The van der Waals surface area contributed by atoms with Crippen molar-refractivity contribution < 1.29 is 9.47 Å². The molecule has 1 aliphatic rings. The lowest BCUT2D eigenvalue weighted by Gasteiger charge is -2.34. The first-order chi connectivity index (χ1) is 19.3. The monoisotopic (exact) mass is 551 g/mol. The third kappa shape index (κ3) is 6.60. The Morgan fingerprint density at radius 1 is 0.950 bits per heavy atom. The number of hydrogen-bond acceptors (Lipinski definition) is 4. The fourth-order valence-electron chi connectivity index (χ4n) is 5.61. The zero-order chi connectivity index (χ0) is 28.1. The molecule has 40 heavy (non-hydrogen) atoms. The molecule has 0 atom stereocenters. The van der Waals surface area contributed by atoms with E-state index in [9.17, 15) is 5.26 Å². The first kappa shape index (κ1) is 28.0. The van der Waals surface area contributed by atoms with Crippen molar-refractivity contribution >= 4 is 24.7 Å². The molecule has 0 amide bonds. The Morgan fingerprint density at radius 2 is 1.68 bits per heavy atom. The molecular formula is C34H41N3O2Si. The Kier molecular flexibility index (Phi) is 8.63. The van der Waals surface area contributed by atoms with Gasteiger partial charge in [-0.1, -0.05) is 68.2 Å². The Labute approximate surface area is 240 Å². The molecule has 1 aliphatic heterocycles. The van der Waals surface area contributed by atoms with E-state index >= 15 is 0 Å². The highest BCUT2D eigenvalue weighted by molar-refractivity contribution is 6.76. The highest BCUT2D eigenvalue weighted by Gasteiger charge is 2.24. The van der Waals surface area contributed by atoms with E-state index in [0.717, 1.165) is 66.4 Å². The summed E-state index contributed by atoms with van der Waals surface area (Å²) in [5, 5.41) is 11.0. The van der Waals surface area contributed by atoms with E-state index in [1.54, 1.807) is 0 Å². The van der Waals surface area contributed by atoms with Gasteiger partial charge in [0.1, 0.15) is 25.2 Å². The Bertz CT molecular complexity index is 1460. The second-order valence-electron chi connectivity index (χ2n) is 12.2. The first-order valence-electron chi connectivity index (χ1n) is 14.4. The van der Waals surface area contributed by atoms with Crippen LogP contribution in [0.2, 0.25) is 25.7 Å². The van der Waals surface area contributed by atoms with Crippen LogP contribution >= 0.6 is 0 Å². The van der Waals surface area contributed by atoms with Gasteiger partial charge < -0.3 is 18.9 Å². The van der Waals surface area contributed by atoms with Gasteiger partial charge in [0.05, 0.1) is 16.8 Å². The van der Waals surface area contributed by atoms with Crippen molar-refractivity contribution in [2.45, 2.75) is 64.7 Å². The fraction of sp³-hybridized carbons (Fsp3) is 0.382. The second-order valence-corrected chi connectivity index (χ2v) is 17.8. The number of nitriles is 1. The lowest BCUT2D eigenvalue weighted by Crippen LogP contribution is -2.33. The molecule has 1 aromatic heterocycles. The van der Waals surface area contributed by atoms with E-state index in [4.69, 9.17) is 9.47 Å². The van der Waals surface area contributed by atoms with E-state index in [0.29, 0.717) is 19.3 Å². The lowest BCUT2D eigenvalue weighted by atomic mass is 9.89. The molecule has 4 aromatic rings. The molecule has 0 radical (unpaired) electrons. The molecular weight excluding hydrogens is 510 g/mol. The van der Waals surface area contributed by atoms with Crippen LogP contribution in [0.1, 0.15) is 41.0 Å². The van der Waals surface area contributed by atoms with Gasteiger partial charge >= 0.3 is 0 Å². The van der Waals surface area contributed by atoms with E-state index < -0.39 is 8.07 Å². The van der Waals surface area contributed by atoms with Crippen molar-refractivity contribution in [2.24, 2.45) is 0 Å². The summed E-state index contributed by atoms with van der Waals surface area (Å²) in [5.41, 5.74) is 6.76. The number of anilines is 1. The number of fused-ring (bicyclic) bond motifs is 1. The van der Waals surface area contributed by atoms with Crippen LogP contribution in [0, 0.1) is 18.3 Å². The van der Waals surface area contributed by atoms with Gasteiger partial charge in [-0.2, -0.15) is 5.26 Å². The van der Waals surface area contributed by atoms with Crippen LogP contribution in [-0.4, -0.2) is 32.3 Å². The third-order valence-electron chi connectivity index (χ3n) is 7.99. The fourth-order valence-corrected chi connectivity index (χ4v) is 6.37. The number of hydrogen-bond donors (Lipinski definition) is 0. The number of nitrogens with zero attached hydrogens (tertiary/aromatic N) is 3. The van der Waals surface area contributed by atoms with Gasteiger partial charge in [0.2, 0.25) is 0 Å². The molecule has 208 valence electrons. The van der Waals surface area contributed by atoms with E-state index in [1.165, 1.54) is 16.8 Å². The van der Waals surface area contributed by atoms with Crippen molar-refractivity contribution in [2.75, 3.05) is 24.6 Å². The predicted molar refractivity (Wildman–Crippen MR) is 167 cm³/mol. The van der Waals surface area contributed by atoms with E-state index in [1.807, 2.05) is 24.4 Å². The summed E-state index contributed by atoms with van der Waals surface area (Å²) in [6.07, 6.45) is 4.17. The number of benzene rings is 3. The maximum Gasteiger partial charge on any atom is 0.123 e. The predicted octanol–water partition coefficient (Wildman–Crippen LogP) is 8.10. The van der Waals surface area contributed by atoms with E-state index in [2.05, 4.69) is 90.6 Å². The summed E-state index contributed by atoms with van der Waals surface area (Å²) in [4.78, 5) is 2.50. The van der Waals surface area contributed by atoms with Crippen molar-refractivity contribution in [3.8, 4) is 11.8 Å². The Hall–Kier alpha value is -3.53. The summed E-state index contributed by atoms with van der Waals surface area (Å²) in [6, 6.07) is 26.9. The SMILES string of the molecule is Cc1ccc(N2CCC(c3ccc(OCc4ccccc4)cc3)CC2)c2c1c(C#N)cn2COCC[Si](C)(C)C. The number of aryl methyl sites for hydroxylation is 1. The molecule has 3 aromatic carbocycles. The van der Waals surface area contributed by atoms with Gasteiger partial charge in [0, 0.05) is 39.4 Å². The molecule has 0 unspecified atom stereocenters. The molecule has 0 bridgehead atoms. The van der Waals surface area contributed by atoms with Crippen LogP contribution in [0.3, 0.4) is 0 Å². The number of aromatic nitrogens is 1. The second kappa shape index (κ2) is 12.3. The summed E-state index contributed by atoms with van der Waals surface area (Å²) < 4.78 is 14.3. The highest BCUT2D eigenvalue weighted by atomic mass is 28.3. The topological polar surface area (TPSA) is 50.4 Å². The number of piperidine rings is 1. The summed E-state index contributed by atoms with van der Waals surface area (Å²) in [7, 11) is -1.16. The molecule has 6 heteroatoms. The van der Waals surface area contributed by atoms with Crippen LogP contribution in [0.4, 0.5) is 5.69 Å². The minimum Gasteiger partial charge on any atom is -0.489 e. The standard InChI is InChI=1S/C34H41N3O2Si/c1-26-10-15-32(34-33(26)30(22-35)23-37(34)25-38-20-21-40(2,3)4)36-18-16-29(17-19-36)28-11-13-31(14-12-28)39-24-27-8-6-5-7-9-27/h5-15,23,29H,16-21,24-25H2,1-4H3. The smallest absolute Gasteiger partial charge is 0.123 e. The number of rotatable bonds is 10. The Morgan fingerprint density at radius 3 is 2.35 bits per heavy atom. The summed E-state index contributed by atoms with van der Waals surface area (Å²) >= 11 is 0. The number of ether oxygens (including phenoxy) is 2. The normalized spacial score (nSPS) is 14.4. The van der Waals surface area contributed by atoms with E-state index in [-0.39, 0.29) is 0 Å². The largest absolute Gasteiger partial charge is 0.489 e. The van der Waals surface area contributed by atoms with Gasteiger partial charge in [-0.05, 0) is 66.6 Å². The van der Waals surface area contributed by atoms with Crippen LogP contribution in [0.25, 0.3) is 10.9 Å². The first-order valence-corrected chi connectivity index (χ1v) is 18.1. The molecule has 1 saturated heterocycles. The molecule has 5 nitrogen and oxygen atoms in total. The van der Waals surface area contributed by atoms with Crippen molar-refractivity contribution in [3.05, 3.63) is 95.2 Å². The summed E-state index contributed by atoms with van der Waals surface area (Å²) in [5.74, 6) is 1.44. The minimum absolute atomic E-state index is 0.480. The highest BCUT2D eigenvalue weighted by Crippen LogP contribution is 2.37. The quantitative estimate of drug-likeness (QED) is 0.148. The molecule has 2 heterocycles. The molecule has 5 rings (SSSR count). The van der Waals surface area contributed by atoms with Gasteiger partial charge in [0.25, 0.3) is 0 Å². The van der Waals surface area contributed by atoms with Gasteiger partial charge in [-0.3, -0.25) is 0 Å². The van der Waals surface area contributed by atoms with Gasteiger partial charge in [-0.25, -0.2) is 0 Å². The van der Waals surface area contributed by atoms with Crippen LogP contribution in [0.15, 0.2) is 72.9 Å².